The Morgan fingerprint density at radius 2 is 1.73 bits per heavy atom. The number of rotatable bonds is 12. The molecule has 0 spiro atoms. The van der Waals surface area contributed by atoms with E-state index in [4.69, 9.17) is 9.47 Å². The molecule has 3 aromatic carbocycles. The van der Waals surface area contributed by atoms with Crippen molar-refractivity contribution in [2.75, 3.05) is 24.9 Å². The molecule has 4 aromatic rings. The lowest BCUT2D eigenvalue weighted by Gasteiger charge is -2.18. The SMILES string of the molecule is CCC(Sc1cccc(NC(=O)/C(=C\c2ccc(OC)cc2)NC(=O)c2ccccc2)c1)C(=O)Nc1sc2c(c1C(=O)OC)CCC(C)C2. The lowest BCUT2D eigenvalue weighted by molar-refractivity contribution is -0.116. The van der Waals surface area contributed by atoms with Gasteiger partial charge in [0, 0.05) is 21.0 Å². The molecule has 0 fully saturated rings. The maximum absolute atomic E-state index is 13.6. The van der Waals surface area contributed by atoms with Gasteiger partial charge in [-0.1, -0.05) is 50.2 Å². The van der Waals surface area contributed by atoms with Gasteiger partial charge < -0.3 is 25.4 Å². The summed E-state index contributed by atoms with van der Waals surface area (Å²) in [6.45, 7) is 4.12. The fourth-order valence-electron chi connectivity index (χ4n) is 5.49. The van der Waals surface area contributed by atoms with Gasteiger partial charge >= 0.3 is 5.97 Å². The predicted octanol–water partition coefficient (Wildman–Crippen LogP) is 7.59. The van der Waals surface area contributed by atoms with E-state index in [0.29, 0.717) is 45.5 Å². The van der Waals surface area contributed by atoms with Gasteiger partial charge in [-0.2, -0.15) is 0 Å². The van der Waals surface area contributed by atoms with Gasteiger partial charge in [0.1, 0.15) is 16.4 Å². The Balaban J connectivity index is 1.32. The van der Waals surface area contributed by atoms with Gasteiger partial charge in [-0.25, -0.2) is 4.79 Å². The molecule has 1 aromatic heterocycles. The monoisotopic (exact) mass is 697 g/mol. The van der Waals surface area contributed by atoms with Crippen LogP contribution >= 0.6 is 23.1 Å². The van der Waals surface area contributed by atoms with Crippen LogP contribution in [0.4, 0.5) is 10.7 Å². The number of fused-ring (bicyclic) bond motifs is 1. The molecule has 49 heavy (non-hydrogen) atoms. The van der Waals surface area contributed by atoms with Crippen molar-refractivity contribution in [1.82, 2.24) is 5.32 Å². The molecule has 5 rings (SSSR count). The Hall–Kier alpha value is -4.87. The highest BCUT2D eigenvalue weighted by atomic mass is 32.2. The standard InChI is InChI=1S/C38H39N3O6S2/c1-5-31(36(44)41-37-33(38(45)47-4)29-19-14-23(2)20-32(29)49-37)48-28-13-9-12-26(22-28)39-35(43)30(21-24-15-17-27(46-3)18-16-24)40-34(42)25-10-7-6-8-11-25/h6-13,15-18,21-23,31H,5,14,19-20H2,1-4H3,(H,39,43)(H,40,42)(H,41,44)/b30-21+. The number of ether oxygens (including phenoxy) is 2. The largest absolute Gasteiger partial charge is 0.497 e. The van der Waals surface area contributed by atoms with Crippen LogP contribution in [0.1, 0.15) is 63.4 Å². The van der Waals surface area contributed by atoms with Crippen LogP contribution in [0.25, 0.3) is 6.08 Å². The fraction of sp³-hybridized carbons (Fsp3) is 0.263. The quantitative estimate of drug-likeness (QED) is 0.0792. The molecule has 2 unspecified atom stereocenters. The van der Waals surface area contributed by atoms with Gasteiger partial charge in [0.25, 0.3) is 11.8 Å². The molecule has 0 bridgehead atoms. The van der Waals surface area contributed by atoms with Crippen molar-refractivity contribution >= 4 is 63.6 Å². The third-order valence-electron chi connectivity index (χ3n) is 8.13. The number of esters is 1. The molecule has 11 heteroatoms. The summed E-state index contributed by atoms with van der Waals surface area (Å²) in [5, 5.41) is 8.73. The van der Waals surface area contributed by atoms with E-state index >= 15 is 0 Å². The van der Waals surface area contributed by atoms with Crippen LogP contribution in [0.15, 0.2) is 89.5 Å². The molecule has 0 saturated heterocycles. The lowest BCUT2D eigenvalue weighted by Crippen LogP contribution is -2.30. The van der Waals surface area contributed by atoms with Crippen LogP contribution in [0.3, 0.4) is 0 Å². The zero-order valence-electron chi connectivity index (χ0n) is 27.8. The van der Waals surface area contributed by atoms with E-state index in [2.05, 4.69) is 22.9 Å². The third-order valence-corrected chi connectivity index (χ3v) is 10.7. The average molecular weight is 698 g/mol. The molecule has 1 aliphatic carbocycles. The summed E-state index contributed by atoms with van der Waals surface area (Å²) in [6.07, 6.45) is 4.77. The second kappa shape index (κ2) is 16.5. The molecule has 0 saturated carbocycles. The summed E-state index contributed by atoms with van der Waals surface area (Å²) in [5.74, 6) is -0.413. The van der Waals surface area contributed by atoms with Crippen molar-refractivity contribution in [3.05, 3.63) is 112 Å². The molecule has 1 aliphatic rings. The Morgan fingerprint density at radius 1 is 0.980 bits per heavy atom. The van der Waals surface area contributed by atoms with Crippen molar-refractivity contribution in [2.45, 2.75) is 49.7 Å². The summed E-state index contributed by atoms with van der Waals surface area (Å²) in [5.41, 5.74) is 3.09. The van der Waals surface area contributed by atoms with Gasteiger partial charge in [0.15, 0.2) is 0 Å². The van der Waals surface area contributed by atoms with E-state index < -0.39 is 23.0 Å². The maximum Gasteiger partial charge on any atom is 0.341 e. The summed E-state index contributed by atoms with van der Waals surface area (Å²) in [7, 11) is 2.93. The maximum atomic E-state index is 13.6. The summed E-state index contributed by atoms with van der Waals surface area (Å²) >= 11 is 2.82. The number of nitrogens with one attached hydrogen (secondary N) is 3. The molecule has 0 radical (unpaired) electrons. The average Bonchev–Trinajstić information content (AvgIpc) is 3.47. The topological polar surface area (TPSA) is 123 Å². The molecule has 3 amide bonds. The molecule has 254 valence electrons. The summed E-state index contributed by atoms with van der Waals surface area (Å²) in [6, 6.07) is 22.9. The smallest absolute Gasteiger partial charge is 0.341 e. The highest BCUT2D eigenvalue weighted by Crippen LogP contribution is 2.40. The first-order valence-corrected chi connectivity index (χ1v) is 17.7. The minimum absolute atomic E-state index is 0.0531. The van der Waals surface area contributed by atoms with E-state index in [1.165, 1.54) is 30.2 Å². The van der Waals surface area contributed by atoms with E-state index in [1.54, 1.807) is 79.9 Å². The van der Waals surface area contributed by atoms with Gasteiger partial charge in [-0.15, -0.1) is 23.1 Å². The van der Waals surface area contributed by atoms with E-state index in [0.717, 1.165) is 34.6 Å². The van der Waals surface area contributed by atoms with Crippen molar-refractivity contribution in [3.8, 4) is 5.75 Å². The molecule has 2 atom stereocenters. The second-order valence-electron chi connectivity index (χ2n) is 11.7. The molecule has 0 aliphatic heterocycles. The van der Waals surface area contributed by atoms with Crippen molar-refractivity contribution in [3.63, 3.8) is 0 Å². The molecular weight excluding hydrogens is 659 g/mol. The number of hydrogen-bond acceptors (Lipinski definition) is 8. The first-order chi connectivity index (χ1) is 23.7. The van der Waals surface area contributed by atoms with Gasteiger partial charge in [-0.05, 0) is 91.3 Å². The number of methoxy groups -OCH3 is 2. The lowest BCUT2D eigenvalue weighted by atomic mass is 9.88. The summed E-state index contributed by atoms with van der Waals surface area (Å²) in [4.78, 5) is 54.8. The second-order valence-corrected chi connectivity index (χ2v) is 14.1. The molecular formula is C38H39N3O6S2. The number of thiophene rings is 1. The first-order valence-electron chi connectivity index (χ1n) is 16.0. The fourth-order valence-corrected chi connectivity index (χ4v) is 7.91. The molecule has 9 nitrogen and oxygen atoms in total. The number of anilines is 2. The van der Waals surface area contributed by atoms with Crippen LogP contribution in [0.2, 0.25) is 0 Å². The Labute approximate surface area is 294 Å². The number of carbonyl (C=O) groups is 4. The van der Waals surface area contributed by atoms with Crippen LogP contribution in [-0.4, -0.2) is 43.2 Å². The van der Waals surface area contributed by atoms with E-state index in [1.807, 2.05) is 19.1 Å². The van der Waals surface area contributed by atoms with Crippen molar-refractivity contribution < 1.29 is 28.7 Å². The van der Waals surface area contributed by atoms with Crippen LogP contribution in [0, 0.1) is 5.92 Å². The first kappa shape index (κ1) is 35.4. The number of thioether (sulfide) groups is 1. The highest BCUT2D eigenvalue weighted by molar-refractivity contribution is 8.00. The highest BCUT2D eigenvalue weighted by Gasteiger charge is 2.30. The minimum atomic E-state index is -0.515. The number of benzene rings is 3. The number of amides is 3. The number of carbonyl (C=O) groups excluding carboxylic acids is 4. The molecule has 3 N–H and O–H groups in total. The van der Waals surface area contributed by atoms with Crippen LogP contribution < -0.4 is 20.7 Å². The Bertz CT molecular complexity index is 1850. The van der Waals surface area contributed by atoms with E-state index in [-0.39, 0.29) is 11.6 Å². The Kier molecular flexibility index (Phi) is 11.9. The predicted molar refractivity (Wildman–Crippen MR) is 195 cm³/mol. The third kappa shape index (κ3) is 8.98. The van der Waals surface area contributed by atoms with Crippen LogP contribution in [-0.2, 0) is 27.2 Å². The van der Waals surface area contributed by atoms with Crippen molar-refractivity contribution in [1.29, 1.82) is 0 Å². The van der Waals surface area contributed by atoms with Gasteiger partial charge in [-0.3, -0.25) is 14.4 Å². The zero-order chi connectivity index (χ0) is 34.9. The normalized spacial score (nSPS) is 14.6. The zero-order valence-corrected chi connectivity index (χ0v) is 29.5. The van der Waals surface area contributed by atoms with Gasteiger partial charge in [0.2, 0.25) is 5.91 Å². The van der Waals surface area contributed by atoms with Crippen molar-refractivity contribution in [2.24, 2.45) is 5.92 Å². The van der Waals surface area contributed by atoms with Gasteiger partial charge in [0.05, 0.1) is 25.0 Å². The number of hydrogen-bond donors (Lipinski definition) is 3. The van der Waals surface area contributed by atoms with E-state index in [9.17, 15) is 19.2 Å². The molecule has 1 heterocycles. The summed E-state index contributed by atoms with van der Waals surface area (Å²) < 4.78 is 10.3. The van der Waals surface area contributed by atoms with Crippen LogP contribution in [0.5, 0.6) is 5.75 Å². The minimum Gasteiger partial charge on any atom is -0.497 e. The Morgan fingerprint density at radius 3 is 2.43 bits per heavy atom.